The SMILES string of the molecule is CCOC(OC)Oc1c(C=O)cc(C(C)C(=O)O)cc1-c1cc(S(=O)(=O)NC(C)(C)C)ccc1OC. The first kappa shape index (κ1) is 29.2. The molecular formula is C25H33NO9S. The summed E-state index contributed by atoms with van der Waals surface area (Å²) in [6.07, 6.45) is 0.518. The van der Waals surface area contributed by atoms with E-state index in [1.807, 2.05) is 0 Å². The lowest BCUT2D eigenvalue weighted by Gasteiger charge is -2.23. The highest BCUT2D eigenvalue weighted by Crippen LogP contribution is 2.42. The molecule has 0 radical (unpaired) electrons. The number of hydrogen-bond acceptors (Lipinski definition) is 8. The standard InChI is InChI=1S/C25H33NO9S/c1-8-34-24(33-7)35-22-17(14-27)11-16(15(2)23(28)29)12-20(22)19-13-18(9-10-21(19)32-6)36(30,31)26-25(3,4)5/h9-15,24,26H,8H2,1-7H3,(H,28,29). The van der Waals surface area contributed by atoms with Gasteiger partial charge < -0.3 is 24.1 Å². The highest BCUT2D eigenvalue weighted by atomic mass is 32.2. The molecule has 0 aliphatic rings. The lowest BCUT2D eigenvalue weighted by molar-refractivity contribution is -0.231. The van der Waals surface area contributed by atoms with Crippen LogP contribution in [0.3, 0.4) is 0 Å². The lowest BCUT2D eigenvalue weighted by Crippen LogP contribution is -2.40. The zero-order valence-electron chi connectivity index (χ0n) is 21.4. The van der Waals surface area contributed by atoms with Crippen LogP contribution in [0.2, 0.25) is 0 Å². The van der Waals surface area contributed by atoms with Gasteiger partial charge in [-0.25, -0.2) is 13.1 Å². The average molecular weight is 524 g/mol. The summed E-state index contributed by atoms with van der Waals surface area (Å²) in [6, 6.07) is 7.16. The number of hydrogen-bond donors (Lipinski definition) is 2. The van der Waals surface area contributed by atoms with Crippen LogP contribution in [0.15, 0.2) is 35.2 Å². The summed E-state index contributed by atoms with van der Waals surface area (Å²) in [6.45, 7) is 7.41. The highest BCUT2D eigenvalue weighted by Gasteiger charge is 2.27. The Kier molecular flexibility index (Phi) is 9.61. The number of rotatable bonds is 12. The number of carbonyl (C=O) groups excluding carboxylic acids is 1. The number of aldehydes is 1. The summed E-state index contributed by atoms with van der Waals surface area (Å²) in [7, 11) is -1.18. The molecular weight excluding hydrogens is 490 g/mol. The Bertz CT molecular complexity index is 1200. The molecule has 0 aromatic heterocycles. The Balaban J connectivity index is 2.89. The highest BCUT2D eigenvalue weighted by molar-refractivity contribution is 7.89. The number of nitrogens with one attached hydrogen (secondary N) is 1. The third-order valence-electron chi connectivity index (χ3n) is 5.06. The van der Waals surface area contributed by atoms with Gasteiger partial charge in [0.15, 0.2) is 6.29 Å². The minimum absolute atomic E-state index is 0.0169. The molecule has 11 heteroatoms. The number of benzene rings is 2. The van der Waals surface area contributed by atoms with Crippen molar-refractivity contribution < 1.29 is 42.1 Å². The Labute approximate surface area is 211 Å². The van der Waals surface area contributed by atoms with Crippen molar-refractivity contribution in [2.24, 2.45) is 0 Å². The number of carboxylic acids is 1. The molecule has 2 aromatic carbocycles. The first-order chi connectivity index (χ1) is 16.8. The molecule has 198 valence electrons. The molecule has 10 nitrogen and oxygen atoms in total. The Hall–Kier alpha value is -2.99. The quantitative estimate of drug-likeness (QED) is 0.314. The van der Waals surface area contributed by atoms with Crippen molar-refractivity contribution >= 4 is 22.3 Å². The molecule has 2 atom stereocenters. The van der Waals surface area contributed by atoms with Crippen LogP contribution in [0.4, 0.5) is 0 Å². The number of sulfonamides is 1. The van der Waals surface area contributed by atoms with Crippen molar-refractivity contribution in [3.8, 4) is 22.6 Å². The van der Waals surface area contributed by atoms with Crippen molar-refractivity contribution in [2.45, 2.75) is 57.4 Å². The summed E-state index contributed by atoms with van der Waals surface area (Å²) in [5.74, 6) is -1.78. The number of methoxy groups -OCH3 is 2. The first-order valence-corrected chi connectivity index (χ1v) is 12.7. The van der Waals surface area contributed by atoms with Gasteiger partial charge in [-0.3, -0.25) is 9.59 Å². The second-order valence-corrected chi connectivity index (χ2v) is 10.7. The normalized spacial score (nSPS) is 13.6. The molecule has 0 aliphatic carbocycles. The molecule has 36 heavy (non-hydrogen) atoms. The third-order valence-corrected chi connectivity index (χ3v) is 6.81. The summed E-state index contributed by atoms with van der Waals surface area (Å²) in [5, 5.41) is 9.57. The second kappa shape index (κ2) is 11.8. The fourth-order valence-electron chi connectivity index (χ4n) is 3.40. The largest absolute Gasteiger partial charge is 0.496 e. The molecule has 0 fully saturated rings. The van der Waals surface area contributed by atoms with Gasteiger partial charge in [0.05, 0.1) is 30.1 Å². The summed E-state index contributed by atoms with van der Waals surface area (Å²) >= 11 is 0. The van der Waals surface area contributed by atoms with Crippen LogP contribution in [0.1, 0.15) is 56.5 Å². The molecule has 0 amide bonds. The zero-order chi connectivity index (χ0) is 27.3. The third kappa shape index (κ3) is 7.03. The van der Waals surface area contributed by atoms with Crippen LogP contribution in [-0.4, -0.2) is 58.6 Å². The van der Waals surface area contributed by atoms with E-state index >= 15 is 0 Å². The van der Waals surface area contributed by atoms with E-state index in [0.717, 1.165) is 0 Å². The molecule has 0 heterocycles. The van der Waals surface area contributed by atoms with Crippen LogP contribution in [0, 0.1) is 0 Å². The van der Waals surface area contributed by atoms with E-state index in [-0.39, 0.29) is 39.7 Å². The van der Waals surface area contributed by atoms with Gasteiger partial charge >= 0.3 is 12.4 Å². The Morgan fingerprint density at radius 2 is 1.81 bits per heavy atom. The van der Waals surface area contributed by atoms with Crippen LogP contribution < -0.4 is 14.2 Å². The van der Waals surface area contributed by atoms with Crippen molar-refractivity contribution in [2.75, 3.05) is 20.8 Å². The summed E-state index contributed by atoms with van der Waals surface area (Å²) in [4.78, 5) is 23.7. The van der Waals surface area contributed by atoms with Crippen LogP contribution in [0.5, 0.6) is 11.5 Å². The van der Waals surface area contributed by atoms with Crippen LogP contribution in [-0.2, 0) is 24.3 Å². The van der Waals surface area contributed by atoms with E-state index in [1.165, 1.54) is 51.5 Å². The van der Waals surface area contributed by atoms with Gasteiger partial charge in [0.2, 0.25) is 10.0 Å². The van der Waals surface area contributed by atoms with E-state index in [0.29, 0.717) is 11.8 Å². The minimum Gasteiger partial charge on any atom is -0.496 e. The molecule has 0 saturated heterocycles. The van der Waals surface area contributed by atoms with E-state index < -0.39 is 33.9 Å². The average Bonchev–Trinajstić information content (AvgIpc) is 2.81. The van der Waals surface area contributed by atoms with E-state index in [4.69, 9.17) is 18.9 Å². The monoisotopic (exact) mass is 523 g/mol. The zero-order valence-corrected chi connectivity index (χ0v) is 22.3. The van der Waals surface area contributed by atoms with Crippen molar-refractivity contribution in [1.82, 2.24) is 4.72 Å². The molecule has 2 aromatic rings. The maximum Gasteiger partial charge on any atom is 0.315 e. The molecule has 2 N–H and O–H groups in total. The van der Waals surface area contributed by atoms with E-state index in [9.17, 15) is 23.1 Å². The predicted molar refractivity (Wildman–Crippen MR) is 133 cm³/mol. The molecule has 2 rings (SSSR count). The maximum atomic E-state index is 13.1. The number of carbonyl (C=O) groups is 2. The van der Waals surface area contributed by atoms with Crippen molar-refractivity contribution in [3.63, 3.8) is 0 Å². The number of aliphatic carboxylic acids is 1. The fraction of sp³-hybridized carbons (Fsp3) is 0.440. The van der Waals surface area contributed by atoms with Gasteiger partial charge in [-0.05, 0) is 70.5 Å². The smallest absolute Gasteiger partial charge is 0.315 e. The van der Waals surface area contributed by atoms with Gasteiger partial charge in [-0.2, -0.15) is 0 Å². The van der Waals surface area contributed by atoms with Gasteiger partial charge in [0, 0.05) is 23.8 Å². The van der Waals surface area contributed by atoms with Crippen LogP contribution in [0.25, 0.3) is 11.1 Å². The molecule has 0 spiro atoms. The molecule has 2 unspecified atom stereocenters. The summed E-state index contributed by atoms with van der Waals surface area (Å²) < 4.78 is 50.7. The summed E-state index contributed by atoms with van der Waals surface area (Å²) in [5.41, 5.74) is 0.0889. The first-order valence-electron chi connectivity index (χ1n) is 11.2. The predicted octanol–water partition coefficient (Wildman–Crippen LogP) is 3.78. The van der Waals surface area contributed by atoms with Gasteiger partial charge in [0.25, 0.3) is 0 Å². The van der Waals surface area contributed by atoms with Crippen LogP contribution >= 0.6 is 0 Å². The van der Waals surface area contributed by atoms with Crippen molar-refractivity contribution in [1.29, 1.82) is 0 Å². The van der Waals surface area contributed by atoms with Gasteiger partial charge in [-0.15, -0.1) is 0 Å². The topological polar surface area (TPSA) is 137 Å². The molecule has 0 aliphatic heterocycles. The maximum absolute atomic E-state index is 13.1. The lowest BCUT2D eigenvalue weighted by atomic mass is 9.92. The molecule has 0 saturated carbocycles. The number of ether oxygens (including phenoxy) is 4. The molecule has 0 bridgehead atoms. The Morgan fingerprint density at radius 3 is 2.31 bits per heavy atom. The fourth-order valence-corrected chi connectivity index (χ4v) is 4.84. The second-order valence-electron chi connectivity index (χ2n) is 8.98. The van der Waals surface area contributed by atoms with Gasteiger partial charge in [-0.1, -0.05) is 0 Å². The number of carboxylic acid groups (broad SMARTS) is 1. The Morgan fingerprint density at radius 1 is 1.14 bits per heavy atom. The van der Waals surface area contributed by atoms with E-state index in [2.05, 4.69) is 4.72 Å². The van der Waals surface area contributed by atoms with E-state index in [1.54, 1.807) is 27.7 Å². The minimum atomic E-state index is -3.94. The van der Waals surface area contributed by atoms with Crippen molar-refractivity contribution in [3.05, 3.63) is 41.5 Å². The van der Waals surface area contributed by atoms with Gasteiger partial charge in [0.1, 0.15) is 11.5 Å².